The van der Waals surface area contributed by atoms with Crippen molar-refractivity contribution >= 4 is 23.2 Å². The maximum Gasteiger partial charge on any atom is 0.267 e. The number of benzene rings is 2. The minimum Gasteiger partial charge on any atom is -0.476 e. The molecule has 1 atom stereocenters. The van der Waals surface area contributed by atoms with Crippen molar-refractivity contribution < 1.29 is 23.8 Å². The summed E-state index contributed by atoms with van der Waals surface area (Å²) in [7, 11) is 0. The van der Waals surface area contributed by atoms with Gasteiger partial charge in [0.1, 0.15) is 5.75 Å². The predicted molar refractivity (Wildman–Crippen MR) is 106 cm³/mol. The van der Waals surface area contributed by atoms with Crippen molar-refractivity contribution in [3.8, 4) is 17.2 Å². The average molecular weight is 394 g/mol. The average Bonchev–Trinajstić information content (AvgIpc) is 3.32. The van der Waals surface area contributed by atoms with Crippen LogP contribution in [0.5, 0.6) is 17.2 Å². The van der Waals surface area contributed by atoms with Gasteiger partial charge in [-0.1, -0.05) is 12.1 Å². The van der Waals surface area contributed by atoms with Gasteiger partial charge in [-0.05, 0) is 37.1 Å². The van der Waals surface area contributed by atoms with Gasteiger partial charge in [0.2, 0.25) is 5.91 Å². The molecule has 7 heteroatoms. The lowest BCUT2D eigenvalue weighted by atomic mass is 10.1. The molecule has 7 nitrogen and oxygen atoms in total. The topological polar surface area (TPSA) is 77.1 Å². The van der Waals surface area contributed by atoms with Crippen molar-refractivity contribution in [3.63, 3.8) is 0 Å². The van der Waals surface area contributed by atoms with E-state index in [9.17, 15) is 9.59 Å². The summed E-state index contributed by atoms with van der Waals surface area (Å²) in [4.78, 5) is 26.5. The van der Waals surface area contributed by atoms with Gasteiger partial charge in [-0.2, -0.15) is 0 Å². The molecule has 0 bridgehead atoms. The van der Waals surface area contributed by atoms with Crippen LogP contribution in [0.25, 0.3) is 0 Å². The van der Waals surface area contributed by atoms with Gasteiger partial charge >= 0.3 is 0 Å². The Labute approximate surface area is 168 Å². The summed E-state index contributed by atoms with van der Waals surface area (Å²) in [6.07, 6.45) is 3.12. The molecular formula is C22H22N2O5. The van der Waals surface area contributed by atoms with E-state index in [4.69, 9.17) is 14.2 Å². The third-order valence-corrected chi connectivity index (χ3v) is 5.61. The van der Waals surface area contributed by atoms with Crippen LogP contribution in [0.1, 0.15) is 32.6 Å². The first-order valence-electron chi connectivity index (χ1n) is 9.90. The molecule has 1 aliphatic carbocycles. The van der Waals surface area contributed by atoms with Crippen molar-refractivity contribution in [2.24, 2.45) is 0 Å². The van der Waals surface area contributed by atoms with Crippen LogP contribution in [-0.2, 0) is 9.59 Å². The largest absolute Gasteiger partial charge is 0.476 e. The van der Waals surface area contributed by atoms with Gasteiger partial charge in [-0.25, -0.2) is 0 Å². The third-order valence-electron chi connectivity index (χ3n) is 5.61. The van der Waals surface area contributed by atoms with Gasteiger partial charge in [0.25, 0.3) is 11.7 Å². The fraction of sp³-hybridized carbons (Fsp3) is 0.364. The molecule has 2 aromatic carbocycles. The van der Waals surface area contributed by atoms with E-state index >= 15 is 0 Å². The number of carbonyl (C=O) groups excluding carboxylic acids is 2. The van der Waals surface area contributed by atoms with Gasteiger partial charge in [0.05, 0.1) is 12.2 Å². The molecule has 2 amide bonds. The molecule has 2 aliphatic heterocycles. The first-order chi connectivity index (χ1) is 14.0. The second kappa shape index (κ2) is 6.69. The molecule has 1 N–H and O–H groups in total. The highest BCUT2D eigenvalue weighted by molar-refractivity contribution is 5.99. The van der Waals surface area contributed by atoms with Crippen LogP contribution in [0.2, 0.25) is 0 Å². The number of hydrogen-bond donors (Lipinski definition) is 1. The van der Waals surface area contributed by atoms with E-state index < -0.39 is 11.9 Å². The highest BCUT2D eigenvalue weighted by atomic mass is 16.7. The standard InChI is InChI=1S/C22H22N2O5/c1-14(25)24-13-20(27-17-7-3-2-6-16(17)24)21(26)23-15-8-9-18-19(12-15)29-22(28-18)10-4-5-11-22/h2-3,6-9,12,20H,4-5,10-11,13H2,1H3,(H,23,26)/t20-/m1/s1. The number of anilines is 2. The van der Waals surface area contributed by atoms with Crippen LogP contribution in [0, 0.1) is 0 Å². The molecule has 0 radical (unpaired) electrons. The monoisotopic (exact) mass is 394 g/mol. The third kappa shape index (κ3) is 3.16. The molecule has 2 heterocycles. The zero-order valence-corrected chi connectivity index (χ0v) is 16.1. The maximum absolute atomic E-state index is 12.8. The van der Waals surface area contributed by atoms with Crippen LogP contribution < -0.4 is 24.4 Å². The number of amides is 2. The first kappa shape index (κ1) is 17.8. The van der Waals surface area contributed by atoms with Crippen LogP contribution in [-0.4, -0.2) is 30.3 Å². The van der Waals surface area contributed by atoms with Gasteiger partial charge in [0.15, 0.2) is 17.6 Å². The summed E-state index contributed by atoms with van der Waals surface area (Å²) >= 11 is 0. The van der Waals surface area contributed by atoms with Gasteiger partial charge in [-0.3, -0.25) is 9.59 Å². The van der Waals surface area contributed by atoms with Gasteiger partial charge in [0, 0.05) is 31.5 Å². The Balaban J connectivity index is 1.32. The molecule has 3 aliphatic rings. The molecule has 0 aromatic heterocycles. The van der Waals surface area contributed by atoms with Crippen LogP contribution in [0.3, 0.4) is 0 Å². The lowest BCUT2D eigenvalue weighted by Gasteiger charge is -2.33. The molecule has 2 aromatic rings. The smallest absolute Gasteiger partial charge is 0.267 e. The minimum absolute atomic E-state index is 0.136. The Kier molecular flexibility index (Phi) is 4.12. The molecular weight excluding hydrogens is 372 g/mol. The summed E-state index contributed by atoms with van der Waals surface area (Å²) in [5, 5.41) is 2.87. The Bertz CT molecular complexity index is 983. The Morgan fingerprint density at radius 3 is 2.59 bits per heavy atom. The number of nitrogens with one attached hydrogen (secondary N) is 1. The fourth-order valence-electron chi connectivity index (χ4n) is 4.18. The van der Waals surface area contributed by atoms with Crippen molar-refractivity contribution in [1.82, 2.24) is 0 Å². The van der Waals surface area contributed by atoms with Gasteiger partial charge in [-0.15, -0.1) is 0 Å². The SMILES string of the molecule is CC(=O)N1C[C@H](C(=O)Nc2ccc3c(c2)OC2(CCCC2)O3)Oc2ccccc21. The van der Waals surface area contributed by atoms with Crippen LogP contribution in [0.15, 0.2) is 42.5 Å². The number of carbonyl (C=O) groups is 2. The number of para-hydroxylation sites is 2. The van der Waals surface area contributed by atoms with E-state index in [1.54, 1.807) is 23.1 Å². The van der Waals surface area contributed by atoms with E-state index in [0.717, 1.165) is 25.7 Å². The molecule has 1 saturated carbocycles. The summed E-state index contributed by atoms with van der Waals surface area (Å²) in [6.45, 7) is 1.64. The van der Waals surface area contributed by atoms with E-state index in [0.29, 0.717) is 28.6 Å². The molecule has 5 rings (SSSR count). The van der Waals surface area contributed by atoms with Crippen molar-refractivity contribution in [1.29, 1.82) is 0 Å². The van der Waals surface area contributed by atoms with Crippen molar-refractivity contribution in [3.05, 3.63) is 42.5 Å². The highest BCUT2D eigenvalue weighted by Gasteiger charge is 2.44. The molecule has 0 unspecified atom stereocenters. The number of nitrogens with zero attached hydrogens (tertiary/aromatic N) is 1. The zero-order chi connectivity index (χ0) is 20.0. The number of hydrogen-bond acceptors (Lipinski definition) is 5. The van der Waals surface area contributed by atoms with Crippen molar-refractivity contribution in [2.45, 2.75) is 44.5 Å². The number of rotatable bonds is 2. The lowest BCUT2D eigenvalue weighted by Crippen LogP contribution is -2.48. The second-order valence-corrected chi connectivity index (χ2v) is 7.68. The second-order valence-electron chi connectivity index (χ2n) is 7.68. The number of fused-ring (bicyclic) bond motifs is 2. The zero-order valence-electron chi connectivity index (χ0n) is 16.1. The first-order valence-corrected chi connectivity index (χ1v) is 9.90. The van der Waals surface area contributed by atoms with E-state index in [1.165, 1.54) is 6.92 Å². The molecule has 1 spiro atoms. The molecule has 0 saturated heterocycles. The summed E-state index contributed by atoms with van der Waals surface area (Å²) in [5.74, 6) is 0.871. The summed E-state index contributed by atoms with van der Waals surface area (Å²) in [5.41, 5.74) is 1.28. The van der Waals surface area contributed by atoms with E-state index in [1.807, 2.05) is 24.3 Å². The van der Waals surface area contributed by atoms with E-state index in [-0.39, 0.29) is 18.4 Å². The predicted octanol–water partition coefficient (Wildman–Crippen LogP) is 3.48. The maximum atomic E-state index is 12.8. The van der Waals surface area contributed by atoms with Crippen molar-refractivity contribution in [2.75, 3.05) is 16.8 Å². The van der Waals surface area contributed by atoms with Crippen LogP contribution in [0.4, 0.5) is 11.4 Å². The van der Waals surface area contributed by atoms with Crippen LogP contribution >= 0.6 is 0 Å². The molecule has 150 valence electrons. The summed E-state index contributed by atoms with van der Waals surface area (Å²) in [6, 6.07) is 12.6. The quantitative estimate of drug-likeness (QED) is 0.844. The molecule has 1 fully saturated rings. The Morgan fingerprint density at radius 1 is 1.03 bits per heavy atom. The normalized spacial score (nSPS) is 20.9. The van der Waals surface area contributed by atoms with Gasteiger partial charge < -0.3 is 24.4 Å². The Morgan fingerprint density at radius 2 is 1.79 bits per heavy atom. The fourth-order valence-corrected chi connectivity index (χ4v) is 4.18. The minimum atomic E-state index is -0.805. The lowest BCUT2D eigenvalue weighted by molar-refractivity contribution is -0.123. The Hall–Kier alpha value is -3.22. The summed E-state index contributed by atoms with van der Waals surface area (Å²) < 4.78 is 17.9. The van der Waals surface area contributed by atoms with E-state index in [2.05, 4.69) is 5.32 Å². The highest BCUT2D eigenvalue weighted by Crippen LogP contribution is 2.47. The number of ether oxygens (including phenoxy) is 3. The molecule has 29 heavy (non-hydrogen) atoms.